The van der Waals surface area contributed by atoms with Gasteiger partial charge in [-0.1, -0.05) is 15.9 Å². The van der Waals surface area contributed by atoms with Crippen LogP contribution in [-0.2, 0) is 18.3 Å². The van der Waals surface area contributed by atoms with Crippen LogP contribution in [0, 0.1) is 0 Å². The molecule has 1 amide bonds. The SMILES string of the molecule is Cn1nccc1CCNC(=O)C(C)(C)Br. The molecule has 0 aliphatic carbocycles. The molecule has 84 valence electrons. The van der Waals surface area contributed by atoms with Crippen LogP contribution in [-0.4, -0.2) is 26.6 Å². The molecule has 1 aromatic rings. The number of hydrogen-bond donors (Lipinski definition) is 1. The Morgan fingerprint density at radius 1 is 1.67 bits per heavy atom. The molecule has 1 heterocycles. The maximum atomic E-state index is 11.5. The number of alkyl halides is 1. The zero-order valence-corrected chi connectivity index (χ0v) is 10.8. The molecule has 1 aromatic heterocycles. The van der Waals surface area contributed by atoms with Gasteiger partial charge in [0.05, 0.1) is 4.32 Å². The first-order valence-electron chi connectivity index (χ1n) is 4.85. The van der Waals surface area contributed by atoms with Crippen LogP contribution in [0.4, 0.5) is 0 Å². The van der Waals surface area contributed by atoms with E-state index < -0.39 is 4.32 Å². The average molecular weight is 274 g/mol. The van der Waals surface area contributed by atoms with Crippen LogP contribution >= 0.6 is 15.9 Å². The Morgan fingerprint density at radius 3 is 2.80 bits per heavy atom. The van der Waals surface area contributed by atoms with E-state index in [-0.39, 0.29) is 5.91 Å². The highest BCUT2D eigenvalue weighted by molar-refractivity contribution is 9.10. The monoisotopic (exact) mass is 273 g/mol. The molecule has 4 nitrogen and oxygen atoms in total. The van der Waals surface area contributed by atoms with Crippen molar-refractivity contribution in [1.29, 1.82) is 0 Å². The minimum absolute atomic E-state index is 0.00432. The van der Waals surface area contributed by atoms with Crippen molar-refractivity contribution in [3.8, 4) is 0 Å². The summed E-state index contributed by atoms with van der Waals surface area (Å²) in [6, 6.07) is 1.95. The average Bonchev–Trinajstić information content (AvgIpc) is 2.50. The first-order chi connectivity index (χ1) is 6.91. The Morgan fingerprint density at radius 2 is 2.33 bits per heavy atom. The largest absolute Gasteiger partial charge is 0.355 e. The molecule has 0 aliphatic heterocycles. The summed E-state index contributed by atoms with van der Waals surface area (Å²) >= 11 is 3.31. The minimum atomic E-state index is -0.501. The smallest absolute Gasteiger partial charge is 0.236 e. The zero-order valence-electron chi connectivity index (χ0n) is 9.25. The van der Waals surface area contributed by atoms with Crippen LogP contribution in [0.1, 0.15) is 19.5 Å². The summed E-state index contributed by atoms with van der Waals surface area (Å²) in [5, 5.41) is 6.92. The summed E-state index contributed by atoms with van der Waals surface area (Å²) in [5.74, 6) is 0.00432. The van der Waals surface area contributed by atoms with Gasteiger partial charge in [0.2, 0.25) is 5.91 Å². The molecular formula is C10H16BrN3O. The lowest BCUT2D eigenvalue weighted by Gasteiger charge is -2.15. The van der Waals surface area contributed by atoms with E-state index in [1.807, 2.05) is 31.6 Å². The van der Waals surface area contributed by atoms with Gasteiger partial charge in [-0.2, -0.15) is 5.10 Å². The Labute approximate surface area is 98.2 Å². The van der Waals surface area contributed by atoms with Crippen LogP contribution in [0.2, 0.25) is 0 Å². The highest BCUT2D eigenvalue weighted by Gasteiger charge is 2.22. The van der Waals surface area contributed by atoms with Crippen LogP contribution in [0.5, 0.6) is 0 Å². The number of halogens is 1. The summed E-state index contributed by atoms with van der Waals surface area (Å²) in [7, 11) is 1.89. The predicted octanol–water partition coefficient (Wildman–Crippen LogP) is 1.25. The Kier molecular flexibility index (Phi) is 3.90. The van der Waals surface area contributed by atoms with Gasteiger partial charge in [0.1, 0.15) is 0 Å². The van der Waals surface area contributed by atoms with E-state index >= 15 is 0 Å². The lowest BCUT2D eigenvalue weighted by molar-refractivity contribution is -0.122. The molecule has 0 aromatic carbocycles. The first-order valence-corrected chi connectivity index (χ1v) is 5.64. The first kappa shape index (κ1) is 12.2. The second kappa shape index (κ2) is 4.79. The highest BCUT2D eigenvalue weighted by Crippen LogP contribution is 2.15. The molecular weight excluding hydrogens is 258 g/mol. The van der Waals surface area contributed by atoms with Gasteiger partial charge < -0.3 is 5.32 Å². The summed E-state index contributed by atoms with van der Waals surface area (Å²) in [6.45, 7) is 4.28. The number of carbonyl (C=O) groups is 1. The van der Waals surface area contributed by atoms with E-state index in [0.29, 0.717) is 6.54 Å². The van der Waals surface area contributed by atoms with Crippen LogP contribution in [0.15, 0.2) is 12.3 Å². The number of nitrogens with zero attached hydrogens (tertiary/aromatic N) is 2. The Balaban J connectivity index is 2.35. The molecule has 0 bridgehead atoms. The van der Waals surface area contributed by atoms with Gasteiger partial charge in [-0.05, 0) is 19.9 Å². The van der Waals surface area contributed by atoms with Crippen LogP contribution in [0.25, 0.3) is 0 Å². The van der Waals surface area contributed by atoms with Crippen molar-refractivity contribution >= 4 is 21.8 Å². The van der Waals surface area contributed by atoms with Gasteiger partial charge in [-0.3, -0.25) is 9.48 Å². The molecule has 0 atom stereocenters. The molecule has 1 rings (SSSR count). The fraction of sp³-hybridized carbons (Fsp3) is 0.600. The molecule has 0 saturated heterocycles. The second-order valence-corrected chi connectivity index (χ2v) is 5.91. The van der Waals surface area contributed by atoms with E-state index in [0.717, 1.165) is 12.1 Å². The zero-order chi connectivity index (χ0) is 11.5. The Hall–Kier alpha value is -0.840. The topological polar surface area (TPSA) is 46.9 Å². The van der Waals surface area contributed by atoms with Crippen molar-refractivity contribution in [2.45, 2.75) is 24.6 Å². The standard InChI is InChI=1S/C10H16BrN3O/c1-10(2,11)9(15)12-6-4-8-5-7-13-14(8)3/h5,7H,4,6H2,1-3H3,(H,12,15). The molecule has 0 fully saturated rings. The maximum Gasteiger partial charge on any atom is 0.236 e. The van der Waals surface area contributed by atoms with Crippen molar-refractivity contribution in [1.82, 2.24) is 15.1 Å². The Bertz CT molecular complexity index is 341. The van der Waals surface area contributed by atoms with Gasteiger partial charge in [-0.15, -0.1) is 0 Å². The molecule has 0 radical (unpaired) electrons. The van der Waals surface area contributed by atoms with E-state index in [2.05, 4.69) is 26.3 Å². The van der Waals surface area contributed by atoms with Crippen molar-refractivity contribution in [2.75, 3.05) is 6.54 Å². The molecule has 0 unspecified atom stereocenters. The van der Waals surface area contributed by atoms with Gasteiger partial charge in [0.15, 0.2) is 0 Å². The van der Waals surface area contributed by atoms with Gasteiger partial charge in [0, 0.05) is 31.9 Å². The highest BCUT2D eigenvalue weighted by atomic mass is 79.9. The third-order valence-electron chi connectivity index (χ3n) is 2.13. The lowest BCUT2D eigenvalue weighted by Crippen LogP contribution is -2.38. The number of amides is 1. The van der Waals surface area contributed by atoms with Crippen LogP contribution < -0.4 is 5.32 Å². The fourth-order valence-corrected chi connectivity index (χ4v) is 1.30. The third kappa shape index (κ3) is 3.66. The summed E-state index contributed by atoms with van der Waals surface area (Å²) in [6.07, 6.45) is 2.55. The van der Waals surface area contributed by atoms with E-state index in [1.165, 1.54) is 0 Å². The molecule has 0 spiro atoms. The molecule has 0 saturated carbocycles. The van der Waals surface area contributed by atoms with Gasteiger partial charge in [-0.25, -0.2) is 0 Å². The predicted molar refractivity (Wildman–Crippen MR) is 62.9 cm³/mol. The van der Waals surface area contributed by atoms with Gasteiger partial charge in [0.25, 0.3) is 0 Å². The summed E-state index contributed by atoms with van der Waals surface area (Å²) in [5.41, 5.74) is 1.11. The van der Waals surface area contributed by atoms with E-state index in [9.17, 15) is 4.79 Å². The lowest BCUT2D eigenvalue weighted by atomic mass is 10.2. The minimum Gasteiger partial charge on any atom is -0.355 e. The number of hydrogen-bond acceptors (Lipinski definition) is 2. The number of rotatable bonds is 4. The second-order valence-electron chi connectivity index (χ2n) is 3.92. The normalized spacial score (nSPS) is 11.5. The number of carbonyl (C=O) groups excluding carboxylic acids is 1. The van der Waals surface area contributed by atoms with E-state index in [4.69, 9.17) is 0 Å². The van der Waals surface area contributed by atoms with Gasteiger partial charge >= 0.3 is 0 Å². The number of nitrogens with one attached hydrogen (secondary N) is 1. The van der Waals surface area contributed by atoms with E-state index in [1.54, 1.807) is 6.20 Å². The molecule has 15 heavy (non-hydrogen) atoms. The molecule has 0 aliphatic rings. The third-order valence-corrected chi connectivity index (χ3v) is 2.49. The van der Waals surface area contributed by atoms with Crippen molar-refractivity contribution < 1.29 is 4.79 Å². The van der Waals surface area contributed by atoms with Crippen molar-refractivity contribution in [2.24, 2.45) is 7.05 Å². The van der Waals surface area contributed by atoms with Crippen molar-refractivity contribution in [3.05, 3.63) is 18.0 Å². The van der Waals surface area contributed by atoms with Crippen LogP contribution in [0.3, 0.4) is 0 Å². The maximum absolute atomic E-state index is 11.5. The molecule has 5 heteroatoms. The van der Waals surface area contributed by atoms with Crippen molar-refractivity contribution in [3.63, 3.8) is 0 Å². The number of aryl methyl sites for hydroxylation is 1. The quantitative estimate of drug-likeness (QED) is 0.840. The number of aromatic nitrogens is 2. The fourth-order valence-electron chi connectivity index (χ4n) is 1.16. The molecule has 1 N–H and O–H groups in total. The summed E-state index contributed by atoms with van der Waals surface area (Å²) in [4.78, 5) is 11.5. The summed E-state index contributed by atoms with van der Waals surface area (Å²) < 4.78 is 1.31.